The number of piperazine rings is 1. The second-order valence-corrected chi connectivity index (χ2v) is 6.99. The van der Waals surface area contributed by atoms with Gasteiger partial charge in [-0.1, -0.05) is 0 Å². The zero-order valence-corrected chi connectivity index (χ0v) is 12.3. The fourth-order valence-electron chi connectivity index (χ4n) is 2.35. The fraction of sp³-hybridized carbons (Fsp3) is 0.727. The van der Waals surface area contributed by atoms with Gasteiger partial charge in [-0.25, -0.2) is 8.42 Å². The van der Waals surface area contributed by atoms with E-state index in [0.29, 0.717) is 18.7 Å². The molecular formula is C11H21N5O2S. The first-order valence-corrected chi connectivity index (χ1v) is 7.76. The Morgan fingerprint density at radius 2 is 2.00 bits per heavy atom. The molecule has 1 fully saturated rings. The van der Waals surface area contributed by atoms with Gasteiger partial charge in [-0.15, -0.1) is 0 Å². The lowest BCUT2D eigenvalue weighted by Gasteiger charge is -2.41. The largest absolute Gasteiger partial charge is 0.326 e. The van der Waals surface area contributed by atoms with E-state index in [-0.39, 0.29) is 23.7 Å². The van der Waals surface area contributed by atoms with Crippen LogP contribution in [0.2, 0.25) is 0 Å². The van der Waals surface area contributed by atoms with Crippen LogP contribution >= 0.6 is 0 Å². The van der Waals surface area contributed by atoms with E-state index in [4.69, 9.17) is 5.73 Å². The quantitative estimate of drug-likeness (QED) is 0.787. The number of likely N-dealkylation sites (N-methyl/N-ethyl adjacent to an activating group) is 1. The molecule has 3 N–H and O–H groups in total. The molecular weight excluding hydrogens is 266 g/mol. The van der Waals surface area contributed by atoms with Gasteiger partial charge < -0.3 is 5.73 Å². The summed E-state index contributed by atoms with van der Waals surface area (Å²) in [5, 5.41) is 6.47. The molecule has 0 bridgehead atoms. The Bertz CT molecular complexity index is 529. The number of nitrogens with zero attached hydrogens (tertiary/aromatic N) is 3. The average Bonchev–Trinajstić information content (AvgIpc) is 2.84. The molecule has 2 unspecified atom stereocenters. The molecule has 0 spiro atoms. The maximum absolute atomic E-state index is 12.6. The number of nitrogens with two attached hydrogens (primary N) is 1. The topological polar surface area (TPSA) is 95.3 Å². The number of sulfonamides is 1. The van der Waals surface area contributed by atoms with E-state index < -0.39 is 10.0 Å². The average molecular weight is 287 g/mol. The monoisotopic (exact) mass is 287 g/mol. The van der Waals surface area contributed by atoms with Crippen LogP contribution in [0.4, 0.5) is 0 Å². The number of aromatic nitrogens is 2. The fourth-order valence-corrected chi connectivity index (χ4v) is 4.07. The van der Waals surface area contributed by atoms with E-state index in [2.05, 4.69) is 15.1 Å². The summed E-state index contributed by atoms with van der Waals surface area (Å²) in [6.07, 6.45) is 1.47. The summed E-state index contributed by atoms with van der Waals surface area (Å²) in [7, 11) is -1.53. The predicted octanol–water partition coefficient (Wildman–Crippen LogP) is -0.418. The minimum Gasteiger partial charge on any atom is -0.326 e. The van der Waals surface area contributed by atoms with Gasteiger partial charge in [-0.3, -0.25) is 10.00 Å². The Morgan fingerprint density at radius 3 is 2.53 bits per heavy atom. The molecule has 0 amide bonds. The van der Waals surface area contributed by atoms with Gasteiger partial charge in [0.05, 0.1) is 6.20 Å². The first-order chi connectivity index (χ1) is 8.87. The number of aromatic amines is 1. The van der Waals surface area contributed by atoms with Crippen LogP contribution in [-0.4, -0.2) is 60.0 Å². The molecule has 19 heavy (non-hydrogen) atoms. The second-order valence-electron chi connectivity index (χ2n) is 5.11. The number of hydrogen-bond acceptors (Lipinski definition) is 5. The molecule has 108 valence electrons. The van der Waals surface area contributed by atoms with Gasteiger partial charge in [0.15, 0.2) is 5.03 Å². The van der Waals surface area contributed by atoms with Crippen LogP contribution in [0.5, 0.6) is 0 Å². The van der Waals surface area contributed by atoms with Gasteiger partial charge in [0, 0.05) is 37.3 Å². The van der Waals surface area contributed by atoms with Crippen molar-refractivity contribution in [3.05, 3.63) is 11.8 Å². The van der Waals surface area contributed by atoms with Crippen LogP contribution in [-0.2, 0) is 16.6 Å². The number of rotatable bonds is 3. The standard InChI is InChI=1S/C11H21N5O2S/c1-8-6-16(7-9(2)15(8)3)19(17,18)11-10(4-12)5-13-14-11/h5,8-9H,4,6-7,12H2,1-3H3,(H,13,14). The summed E-state index contributed by atoms with van der Waals surface area (Å²) in [6, 6.07) is 0.366. The smallest absolute Gasteiger partial charge is 0.260 e. The van der Waals surface area contributed by atoms with Gasteiger partial charge >= 0.3 is 0 Å². The van der Waals surface area contributed by atoms with E-state index >= 15 is 0 Å². The van der Waals surface area contributed by atoms with Crippen molar-refractivity contribution < 1.29 is 8.42 Å². The number of H-pyrrole nitrogens is 1. The van der Waals surface area contributed by atoms with Crippen molar-refractivity contribution in [3.8, 4) is 0 Å². The van der Waals surface area contributed by atoms with Crippen molar-refractivity contribution in [1.29, 1.82) is 0 Å². The lowest BCUT2D eigenvalue weighted by atomic mass is 10.1. The molecule has 7 nitrogen and oxygen atoms in total. The van der Waals surface area contributed by atoms with Gasteiger partial charge in [0.1, 0.15) is 0 Å². The van der Waals surface area contributed by atoms with Gasteiger partial charge in [0.2, 0.25) is 0 Å². The van der Waals surface area contributed by atoms with Gasteiger partial charge in [-0.05, 0) is 20.9 Å². The van der Waals surface area contributed by atoms with Crippen LogP contribution in [0.3, 0.4) is 0 Å². The van der Waals surface area contributed by atoms with Gasteiger partial charge in [-0.2, -0.15) is 9.40 Å². The third-order valence-corrected chi connectivity index (χ3v) is 5.67. The summed E-state index contributed by atoms with van der Waals surface area (Å²) in [5.41, 5.74) is 6.07. The lowest BCUT2D eigenvalue weighted by Crippen LogP contribution is -2.56. The van der Waals surface area contributed by atoms with Crippen LogP contribution in [0.15, 0.2) is 11.2 Å². The Hall–Kier alpha value is -0.960. The van der Waals surface area contributed by atoms with Crippen molar-refractivity contribution >= 4 is 10.0 Å². The number of hydrogen-bond donors (Lipinski definition) is 2. The highest BCUT2D eigenvalue weighted by atomic mass is 32.2. The summed E-state index contributed by atoms with van der Waals surface area (Å²) >= 11 is 0. The predicted molar refractivity (Wildman–Crippen MR) is 71.9 cm³/mol. The molecule has 0 aliphatic carbocycles. The Labute approximate surface area is 113 Å². The van der Waals surface area contributed by atoms with E-state index in [9.17, 15) is 8.42 Å². The van der Waals surface area contributed by atoms with E-state index in [0.717, 1.165) is 0 Å². The van der Waals surface area contributed by atoms with Crippen LogP contribution < -0.4 is 5.73 Å². The van der Waals surface area contributed by atoms with Crippen molar-refractivity contribution in [2.45, 2.75) is 37.5 Å². The van der Waals surface area contributed by atoms with Crippen LogP contribution in [0.25, 0.3) is 0 Å². The zero-order valence-electron chi connectivity index (χ0n) is 11.5. The number of nitrogens with one attached hydrogen (secondary N) is 1. The third kappa shape index (κ3) is 2.53. The Kier molecular flexibility index (Phi) is 3.95. The molecule has 1 aliphatic heterocycles. The van der Waals surface area contributed by atoms with Crippen LogP contribution in [0, 0.1) is 0 Å². The van der Waals surface area contributed by atoms with Crippen LogP contribution in [0.1, 0.15) is 19.4 Å². The summed E-state index contributed by atoms with van der Waals surface area (Å²) in [5.74, 6) is 0. The molecule has 0 aromatic carbocycles. The van der Waals surface area contributed by atoms with E-state index in [1.807, 2.05) is 20.9 Å². The van der Waals surface area contributed by atoms with Gasteiger partial charge in [0.25, 0.3) is 10.0 Å². The van der Waals surface area contributed by atoms with Crippen molar-refractivity contribution in [1.82, 2.24) is 19.4 Å². The van der Waals surface area contributed by atoms with Crippen molar-refractivity contribution in [2.75, 3.05) is 20.1 Å². The molecule has 1 aliphatic rings. The Morgan fingerprint density at radius 1 is 1.42 bits per heavy atom. The highest BCUT2D eigenvalue weighted by molar-refractivity contribution is 7.89. The summed E-state index contributed by atoms with van der Waals surface area (Å²) < 4.78 is 26.7. The second kappa shape index (κ2) is 5.20. The van der Waals surface area contributed by atoms with E-state index in [1.165, 1.54) is 10.5 Å². The first-order valence-electron chi connectivity index (χ1n) is 6.32. The maximum Gasteiger partial charge on any atom is 0.260 e. The third-order valence-electron chi connectivity index (χ3n) is 3.82. The summed E-state index contributed by atoms with van der Waals surface area (Å²) in [4.78, 5) is 2.18. The molecule has 1 aromatic rings. The minimum absolute atomic E-state index is 0.124. The summed E-state index contributed by atoms with van der Waals surface area (Å²) in [6.45, 7) is 5.16. The highest BCUT2D eigenvalue weighted by Crippen LogP contribution is 2.22. The Balaban J connectivity index is 2.31. The molecule has 2 atom stereocenters. The molecule has 1 aromatic heterocycles. The normalized spacial score (nSPS) is 26.7. The lowest BCUT2D eigenvalue weighted by molar-refractivity contribution is 0.105. The molecule has 8 heteroatoms. The molecule has 1 saturated heterocycles. The molecule has 0 saturated carbocycles. The van der Waals surface area contributed by atoms with E-state index in [1.54, 1.807) is 0 Å². The molecule has 0 radical (unpaired) electrons. The first kappa shape index (κ1) is 14.4. The maximum atomic E-state index is 12.6. The SMILES string of the molecule is CC1CN(S(=O)(=O)c2[nH]ncc2CN)CC(C)N1C. The minimum atomic E-state index is -3.54. The molecule has 2 heterocycles. The zero-order chi connectivity index (χ0) is 14.2. The highest BCUT2D eigenvalue weighted by Gasteiger charge is 2.36. The van der Waals surface area contributed by atoms with Crippen molar-refractivity contribution in [2.24, 2.45) is 5.73 Å². The van der Waals surface area contributed by atoms with Crippen molar-refractivity contribution in [3.63, 3.8) is 0 Å². The molecule has 2 rings (SSSR count).